The summed E-state index contributed by atoms with van der Waals surface area (Å²) in [5.41, 5.74) is 3.44. The number of amides is 1. The molecule has 3 rings (SSSR count). The zero-order chi connectivity index (χ0) is 24.0. The Balaban J connectivity index is 1.79. The van der Waals surface area contributed by atoms with Crippen molar-refractivity contribution in [2.75, 3.05) is 58.9 Å². The van der Waals surface area contributed by atoms with E-state index in [9.17, 15) is 9.18 Å². The van der Waals surface area contributed by atoms with E-state index in [4.69, 9.17) is 4.74 Å². The van der Waals surface area contributed by atoms with Gasteiger partial charge in [-0.25, -0.2) is 4.39 Å². The number of hydrogen-bond donors (Lipinski definition) is 0. The van der Waals surface area contributed by atoms with E-state index in [1.165, 1.54) is 17.3 Å². The molecule has 1 fully saturated rings. The van der Waals surface area contributed by atoms with Crippen LogP contribution in [0.1, 0.15) is 30.9 Å². The van der Waals surface area contributed by atoms with Crippen molar-refractivity contribution in [1.82, 2.24) is 9.80 Å². The first-order chi connectivity index (χ1) is 15.8. The van der Waals surface area contributed by atoms with E-state index in [2.05, 4.69) is 47.9 Å². The summed E-state index contributed by atoms with van der Waals surface area (Å²) in [7, 11) is 5.63. The molecule has 1 heterocycles. The predicted octanol–water partition coefficient (Wildman–Crippen LogP) is 4.24. The van der Waals surface area contributed by atoms with E-state index in [1.807, 2.05) is 25.1 Å². The van der Waals surface area contributed by atoms with Crippen LogP contribution < -0.4 is 4.90 Å². The maximum Gasteiger partial charge on any atom is 0.248 e. The minimum atomic E-state index is -0.210. The zero-order valence-electron chi connectivity index (χ0n) is 20.6. The first kappa shape index (κ1) is 25.2. The molecule has 0 bridgehead atoms. The molecular weight excluding hydrogens is 417 g/mol. The molecule has 1 saturated heterocycles. The van der Waals surface area contributed by atoms with Crippen LogP contribution in [-0.4, -0.2) is 69.7 Å². The Kier molecular flexibility index (Phi) is 8.87. The van der Waals surface area contributed by atoms with Crippen LogP contribution in [0, 0.1) is 17.7 Å². The van der Waals surface area contributed by atoms with Crippen molar-refractivity contribution in [2.24, 2.45) is 11.8 Å². The summed E-state index contributed by atoms with van der Waals surface area (Å²) in [6.45, 7) is 8.23. The molecule has 180 valence electrons. The van der Waals surface area contributed by atoms with Crippen molar-refractivity contribution >= 4 is 11.6 Å². The molecule has 0 aliphatic carbocycles. The van der Waals surface area contributed by atoms with E-state index < -0.39 is 0 Å². The van der Waals surface area contributed by atoms with Crippen molar-refractivity contribution in [2.45, 2.75) is 26.3 Å². The second-order valence-electron chi connectivity index (χ2n) is 9.80. The molecule has 1 aliphatic rings. The Hall–Kier alpha value is -2.44. The number of carbonyl (C=O) groups is 1. The van der Waals surface area contributed by atoms with E-state index in [0.29, 0.717) is 19.0 Å². The monoisotopic (exact) mass is 455 g/mol. The number of methoxy groups -OCH3 is 1. The largest absolute Gasteiger partial charge is 0.378 e. The van der Waals surface area contributed by atoms with Gasteiger partial charge in [-0.1, -0.05) is 38.1 Å². The maximum absolute atomic E-state index is 14.1. The first-order valence-corrected chi connectivity index (χ1v) is 11.8. The maximum atomic E-state index is 14.1. The lowest BCUT2D eigenvalue weighted by Gasteiger charge is -2.30. The zero-order valence-corrected chi connectivity index (χ0v) is 20.6. The summed E-state index contributed by atoms with van der Waals surface area (Å²) in [6.07, 6.45) is 0. The van der Waals surface area contributed by atoms with Gasteiger partial charge in [0.05, 0.1) is 0 Å². The van der Waals surface area contributed by atoms with Gasteiger partial charge < -0.3 is 14.5 Å². The number of benzene rings is 2. The van der Waals surface area contributed by atoms with Gasteiger partial charge in [-0.2, -0.15) is 0 Å². The third-order valence-electron chi connectivity index (χ3n) is 6.31. The van der Waals surface area contributed by atoms with Gasteiger partial charge in [0.2, 0.25) is 5.91 Å². The summed E-state index contributed by atoms with van der Waals surface area (Å²) >= 11 is 0. The van der Waals surface area contributed by atoms with Crippen LogP contribution in [0.3, 0.4) is 0 Å². The molecule has 2 atom stereocenters. The average molecular weight is 456 g/mol. The third kappa shape index (κ3) is 7.02. The fourth-order valence-corrected chi connectivity index (χ4v) is 4.76. The van der Waals surface area contributed by atoms with Crippen LogP contribution in [0.5, 0.6) is 0 Å². The van der Waals surface area contributed by atoms with E-state index in [-0.39, 0.29) is 30.2 Å². The molecule has 2 aromatic rings. The van der Waals surface area contributed by atoms with Gasteiger partial charge >= 0.3 is 0 Å². The van der Waals surface area contributed by atoms with Crippen LogP contribution in [0.25, 0.3) is 0 Å². The van der Waals surface area contributed by atoms with Gasteiger partial charge in [-0.05, 0) is 47.2 Å². The van der Waals surface area contributed by atoms with E-state index in [0.717, 1.165) is 25.2 Å². The summed E-state index contributed by atoms with van der Waals surface area (Å²) < 4.78 is 19.2. The highest BCUT2D eigenvalue weighted by Crippen LogP contribution is 2.35. The molecule has 2 aromatic carbocycles. The third-order valence-corrected chi connectivity index (χ3v) is 6.31. The molecule has 2 unspecified atom stereocenters. The smallest absolute Gasteiger partial charge is 0.248 e. The average Bonchev–Trinajstić information content (AvgIpc) is 3.15. The number of nitrogens with zero attached hydrogens (tertiary/aromatic N) is 3. The van der Waals surface area contributed by atoms with Crippen LogP contribution in [0.2, 0.25) is 0 Å². The predicted molar refractivity (Wildman–Crippen MR) is 132 cm³/mol. The molecule has 1 aliphatic heterocycles. The van der Waals surface area contributed by atoms with Crippen molar-refractivity contribution in [3.8, 4) is 0 Å². The van der Waals surface area contributed by atoms with Crippen LogP contribution >= 0.6 is 0 Å². The van der Waals surface area contributed by atoms with Gasteiger partial charge in [0, 0.05) is 65.5 Å². The molecule has 6 heteroatoms. The van der Waals surface area contributed by atoms with Crippen molar-refractivity contribution < 1.29 is 13.9 Å². The number of rotatable bonds is 10. The van der Waals surface area contributed by atoms with Crippen LogP contribution in [-0.2, 0) is 16.1 Å². The summed E-state index contributed by atoms with van der Waals surface area (Å²) in [6, 6.07) is 15.6. The molecule has 33 heavy (non-hydrogen) atoms. The second kappa shape index (κ2) is 11.6. The summed E-state index contributed by atoms with van der Waals surface area (Å²) in [5, 5.41) is 0. The quantitative estimate of drug-likeness (QED) is 0.537. The number of hydrogen-bond acceptors (Lipinski definition) is 4. The molecule has 0 aromatic heterocycles. The Morgan fingerprint density at radius 3 is 2.48 bits per heavy atom. The van der Waals surface area contributed by atoms with Gasteiger partial charge in [-0.3, -0.25) is 9.69 Å². The highest BCUT2D eigenvalue weighted by molar-refractivity contribution is 5.77. The lowest BCUT2D eigenvalue weighted by Crippen LogP contribution is -2.41. The number of anilines is 1. The Bertz CT molecular complexity index is 900. The first-order valence-electron chi connectivity index (χ1n) is 11.8. The highest BCUT2D eigenvalue weighted by Gasteiger charge is 2.36. The van der Waals surface area contributed by atoms with Gasteiger partial charge in [0.1, 0.15) is 12.4 Å². The normalized spacial score (nSPS) is 18.6. The fourth-order valence-electron chi connectivity index (χ4n) is 4.76. The molecule has 0 saturated carbocycles. The molecule has 5 nitrogen and oxygen atoms in total. The summed E-state index contributed by atoms with van der Waals surface area (Å²) in [4.78, 5) is 19.2. The van der Waals surface area contributed by atoms with Crippen molar-refractivity contribution in [3.05, 3.63) is 65.5 Å². The van der Waals surface area contributed by atoms with Gasteiger partial charge in [0.25, 0.3) is 0 Å². The van der Waals surface area contributed by atoms with Crippen molar-refractivity contribution in [1.29, 1.82) is 0 Å². The Morgan fingerprint density at radius 1 is 1.15 bits per heavy atom. The Morgan fingerprint density at radius 2 is 1.88 bits per heavy atom. The lowest BCUT2D eigenvalue weighted by molar-refractivity contribution is -0.136. The van der Waals surface area contributed by atoms with E-state index in [1.54, 1.807) is 19.2 Å². The molecular formula is C27H38FN3O2. The molecule has 0 spiro atoms. The Labute approximate surface area is 198 Å². The SMILES string of the molecule is COCC(=O)N(CC(C)C)CC1CN(Cc2ccc(N(C)C)cc2)CC1c1cccc(F)c1. The molecule has 0 N–H and O–H groups in total. The summed E-state index contributed by atoms with van der Waals surface area (Å²) in [5.74, 6) is 0.575. The topological polar surface area (TPSA) is 36.0 Å². The minimum absolute atomic E-state index is 0.0157. The van der Waals surface area contributed by atoms with Crippen molar-refractivity contribution in [3.63, 3.8) is 0 Å². The number of ether oxygens (including phenoxy) is 1. The minimum Gasteiger partial charge on any atom is -0.378 e. The standard InChI is InChI=1S/C27H38FN3O2/c1-20(2)14-31(27(32)19-33-5)17-23-16-30(15-21-9-11-25(12-10-21)29(3)4)18-26(23)22-7-6-8-24(28)13-22/h6-13,20,23,26H,14-19H2,1-5H3. The molecule has 1 amide bonds. The van der Waals surface area contributed by atoms with Gasteiger partial charge in [0.15, 0.2) is 0 Å². The lowest BCUT2D eigenvalue weighted by atomic mass is 9.88. The van der Waals surface area contributed by atoms with Crippen LogP contribution in [0.4, 0.5) is 10.1 Å². The number of halogens is 1. The number of carbonyl (C=O) groups excluding carboxylic acids is 1. The van der Waals surface area contributed by atoms with E-state index >= 15 is 0 Å². The second-order valence-corrected chi connectivity index (χ2v) is 9.80. The fraction of sp³-hybridized carbons (Fsp3) is 0.519. The van der Waals surface area contributed by atoms with Gasteiger partial charge in [-0.15, -0.1) is 0 Å². The number of likely N-dealkylation sites (tertiary alicyclic amines) is 1. The molecule has 0 radical (unpaired) electrons. The highest BCUT2D eigenvalue weighted by atomic mass is 19.1. The van der Waals surface area contributed by atoms with Crippen LogP contribution in [0.15, 0.2) is 48.5 Å².